The van der Waals surface area contributed by atoms with Crippen molar-refractivity contribution in [3.63, 3.8) is 0 Å². The average Bonchev–Trinajstić information content (AvgIpc) is 2.37. The predicted molar refractivity (Wildman–Crippen MR) is 82.5 cm³/mol. The zero-order valence-corrected chi connectivity index (χ0v) is 13.2. The van der Waals surface area contributed by atoms with Crippen LogP contribution in [0.4, 0.5) is 4.79 Å². The zero-order valence-electron chi connectivity index (χ0n) is 13.2. The van der Waals surface area contributed by atoms with Gasteiger partial charge < -0.3 is 11.1 Å². The highest BCUT2D eigenvalue weighted by molar-refractivity contribution is 5.95. The minimum Gasteiger partial charge on any atom is -0.351 e. The van der Waals surface area contributed by atoms with Gasteiger partial charge in [-0.3, -0.25) is 10.1 Å². The first-order valence-corrected chi connectivity index (χ1v) is 7.33. The fourth-order valence-electron chi connectivity index (χ4n) is 2.30. The van der Waals surface area contributed by atoms with E-state index in [4.69, 9.17) is 5.73 Å². The fourth-order valence-corrected chi connectivity index (χ4v) is 2.30. The van der Waals surface area contributed by atoms with Crippen LogP contribution in [0.1, 0.15) is 44.9 Å². The molecule has 0 aliphatic carbocycles. The molecule has 0 saturated carbocycles. The van der Waals surface area contributed by atoms with Gasteiger partial charge in [0, 0.05) is 5.56 Å². The standard InChI is InChI=1S/C16H25N3O2/c1-10(2)9-13-5-7-14(8-6-13)11(3)18-12(4)15(20)19-16(17)21/h5-8,10-12,18H,9H2,1-4H3,(H3,17,19,20,21)/p+1/t11-,12+/m0/s1. The number of amides is 3. The lowest BCUT2D eigenvalue weighted by atomic mass is 9.99. The second-order valence-corrected chi connectivity index (χ2v) is 5.96. The summed E-state index contributed by atoms with van der Waals surface area (Å²) in [6.07, 6.45) is 1.07. The van der Waals surface area contributed by atoms with Crippen molar-refractivity contribution in [3.05, 3.63) is 35.4 Å². The quantitative estimate of drug-likeness (QED) is 0.733. The molecule has 0 radical (unpaired) electrons. The van der Waals surface area contributed by atoms with Crippen molar-refractivity contribution in [1.29, 1.82) is 0 Å². The van der Waals surface area contributed by atoms with Gasteiger partial charge in [0.2, 0.25) is 0 Å². The first-order chi connectivity index (χ1) is 9.79. The lowest BCUT2D eigenvalue weighted by Gasteiger charge is -2.16. The molecular formula is C16H26N3O2+. The molecule has 3 amide bonds. The van der Waals surface area contributed by atoms with Crippen molar-refractivity contribution in [3.8, 4) is 0 Å². The number of quaternary nitrogens is 1. The Labute approximate surface area is 126 Å². The summed E-state index contributed by atoms with van der Waals surface area (Å²) >= 11 is 0. The molecule has 1 rings (SSSR count). The van der Waals surface area contributed by atoms with Gasteiger partial charge in [-0.25, -0.2) is 4.79 Å². The number of rotatable bonds is 6. The van der Waals surface area contributed by atoms with Crippen LogP contribution in [0.15, 0.2) is 24.3 Å². The molecule has 1 aromatic rings. The van der Waals surface area contributed by atoms with E-state index in [1.807, 2.05) is 12.2 Å². The molecule has 1 aromatic carbocycles. The average molecular weight is 292 g/mol. The Morgan fingerprint density at radius 2 is 1.71 bits per heavy atom. The van der Waals surface area contributed by atoms with Crippen molar-refractivity contribution >= 4 is 11.9 Å². The van der Waals surface area contributed by atoms with E-state index in [0.717, 1.165) is 12.0 Å². The first kappa shape index (κ1) is 17.2. The van der Waals surface area contributed by atoms with Gasteiger partial charge in [-0.15, -0.1) is 0 Å². The van der Waals surface area contributed by atoms with E-state index < -0.39 is 6.03 Å². The number of nitrogens with one attached hydrogen (secondary N) is 1. The van der Waals surface area contributed by atoms with E-state index in [1.54, 1.807) is 6.92 Å². The number of hydrogen-bond donors (Lipinski definition) is 3. The number of carbonyl (C=O) groups is 2. The largest absolute Gasteiger partial charge is 0.351 e. The first-order valence-electron chi connectivity index (χ1n) is 7.33. The number of primary amides is 1. The number of nitrogens with two attached hydrogens (primary N) is 2. The van der Waals surface area contributed by atoms with Crippen LogP contribution < -0.4 is 16.4 Å². The summed E-state index contributed by atoms with van der Waals surface area (Å²) in [6, 6.07) is 7.40. The molecule has 0 aromatic heterocycles. The van der Waals surface area contributed by atoms with Gasteiger partial charge >= 0.3 is 6.03 Å². The van der Waals surface area contributed by atoms with Gasteiger partial charge in [0.1, 0.15) is 6.04 Å². The second kappa shape index (κ2) is 7.78. The van der Waals surface area contributed by atoms with Crippen LogP contribution in [0.25, 0.3) is 0 Å². The molecule has 0 fully saturated rings. The minimum atomic E-state index is -0.814. The third kappa shape index (κ3) is 5.95. The molecule has 5 nitrogen and oxygen atoms in total. The van der Waals surface area contributed by atoms with Crippen LogP contribution in [0.3, 0.4) is 0 Å². The Kier molecular flexibility index (Phi) is 6.37. The van der Waals surface area contributed by atoms with Gasteiger partial charge in [-0.05, 0) is 31.7 Å². The normalized spacial score (nSPS) is 13.8. The van der Waals surface area contributed by atoms with Crippen LogP contribution in [0.2, 0.25) is 0 Å². The summed E-state index contributed by atoms with van der Waals surface area (Å²) in [5.41, 5.74) is 7.42. The Bertz CT molecular complexity index is 483. The highest BCUT2D eigenvalue weighted by Crippen LogP contribution is 2.13. The molecule has 5 heteroatoms. The lowest BCUT2D eigenvalue weighted by Crippen LogP contribution is -2.92. The highest BCUT2D eigenvalue weighted by Gasteiger charge is 2.21. The molecule has 0 unspecified atom stereocenters. The van der Waals surface area contributed by atoms with E-state index in [9.17, 15) is 9.59 Å². The summed E-state index contributed by atoms with van der Waals surface area (Å²) in [5, 5.41) is 4.01. The maximum absolute atomic E-state index is 11.7. The van der Waals surface area contributed by atoms with E-state index in [1.165, 1.54) is 5.56 Å². The number of benzene rings is 1. The maximum Gasteiger partial charge on any atom is 0.319 e. The smallest absolute Gasteiger partial charge is 0.319 e. The van der Waals surface area contributed by atoms with Gasteiger partial charge in [-0.1, -0.05) is 38.1 Å². The number of hydrogen-bond acceptors (Lipinski definition) is 2. The molecule has 5 N–H and O–H groups in total. The summed E-state index contributed by atoms with van der Waals surface area (Å²) in [5.74, 6) is 0.267. The molecule has 0 heterocycles. The predicted octanol–water partition coefficient (Wildman–Crippen LogP) is 1.09. The monoisotopic (exact) mass is 292 g/mol. The molecule has 0 bridgehead atoms. The van der Waals surface area contributed by atoms with Crippen LogP contribution >= 0.6 is 0 Å². The van der Waals surface area contributed by atoms with Crippen molar-refractivity contribution in [2.75, 3.05) is 0 Å². The van der Waals surface area contributed by atoms with Gasteiger partial charge in [0.05, 0.1) is 0 Å². The summed E-state index contributed by atoms with van der Waals surface area (Å²) in [4.78, 5) is 22.3. The lowest BCUT2D eigenvalue weighted by molar-refractivity contribution is -0.710. The third-order valence-corrected chi connectivity index (χ3v) is 3.39. The number of carbonyl (C=O) groups excluding carboxylic acids is 2. The second-order valence-electron chi connectivity index (χ2n) is 5.96. The molecule has 0 aliphatic rings. The summed E-state index contributed by atoms with van der Waals surface area (Å²) in [6.45, 7) is 8.18. The van der Waals surface area contributed by atoms with E-state index in [2.05, 4.69) is 43.4 Å². The maximum atomic E-state index is 11.7. The Morgan fingerprint density at radius 1 is 1.14 bits per heavy atom. The van der Waals surface area contributed by atoms with E-state index in [0.29, 0.717) is 5.92 Å². The molecule has 0 aliphatic heterocycles. The molecular weight excluding hydrogens is 266 g/mol. The van der Waals surface area contributed by atoms with Crippen LogP contribution in [0, 0.1) is 5.92 Å². The van der Waals surface area contributed by atoms with Gasteiger partial charge in [-0.2, -0.15) is 0 Å². The van der Waals surface area contributed by atoms with Crippen LogP contribution in [0.5, 0.6) is 0 Å². The van der Waals surface area contributed by atoms with Crippen molar-refractivity contribution in [2.24, 2.45) is 11.7 Å². The summed E-state index contributed by atoms with van der Waals surface area (Å²) in [7, 11) is 0. The van der Waals surface area contributed by atoms with E-state index >= 15 is 0 Å². The van der Waals surface area contributed by atoms with Crippen molar-refractivity contribution in [2.45, 2.75) is 46.2 Å². The van der Waals surface area contributed by atoms with Gasteiger partial charge in [0.15, 0.2) is 6.04 Å². The van der Waals surface area contributed by atoms with Crippen molar-refractivity contribution < 1.29 is 14.9 Å². The highest BCUT2D eigenvalue weighted by atomic mass is 16.2. The van der Waals surface area contributed by atoms with Crippen LogP contribution in [-0.2, 0) is 11.2 Å². The van der Waals surface area contributed by atoms with E-state index in [-0.39, 0.29) is 18.0 Å². The zero-order chi connectivity index (χ0) is 16.0. The molecule has 2 atom stereocenters. The Hall–Kier alpha value is -1.88. The molecule has 0 spiro atoms. The molecule has 116 valence electrons. The molecule has 21 heavy (non-hydrogen) atoms. The SMILES string of the molecule is CC(C)Cc1ccc([C@H](C)[NH2+][C@H](C)C(=O)NC(N)=O)cc1. The minimum absolute atomic E-state index is 0.131. The number of imide groups is 1. The molecule has 0 saturated heterocycles. The van der Waals surface area contributed by atoms with Crippen molar-refractivity contribution in [1.82, 2.24) is 5.32 Å². The third-order valence-electron chi connectivity index (χ3n) is 3.39. The Balaban J connectivity index is 2.60. The topological polar surface area (TPSA) is 88.8 Å². The van der Waals surface area contributed by atoms with Gasteiger partial charge in [0.25, 0.3) is 5.91 Å². The number of urea groups is 1. The Morgan fingerprint density at radius 3 is 2.19 bits per heavy atom. The summed E-state index contributed by atoms with van der Waals surface area (Å²) < 4.78 is 0. The fraction of sp³-hybridized carbons (Fsp3) is 0.500. The van der Waals surface area contributed by atoms with Crippen LogP contribution in [-0.4, -0.2) is 18.0 Å².